The van der Waals surface area contributed by atoms with Gasteiger partial charge in [-0.05, 0) is 18.4 Å². The largest absolute Gasteiger partial charge is 0.378 e. The lowest BCUT2D eigenvalue weighted by Crippen LogP contribution is -2.34. The molecule has 164 valence electrons. The summed E-state index contributed by atoms with van der Waals surface area (Å²) in [6, 6.07) is 9.87. The first-order valence-corrected chi connectivity index (χ1v) is 11.5. The van der Waals surface area contributed by atoms with Crippen LogP contribution in [0.4, 0.5) is 0 Å². The highest BCUT2D eigenvalue weighted by Gasteiger charge is 2.23. The van der Waals surface area contributed by atoms with Gasteiger partial charge in [0.1, 0.15) is 0 Å². The van der Waals surface area contributed by atoms with Crippen molar-refractivity contribution < 1.29 is 9.53 Å². The summed E-state index contributed by atoms with van der Waals surface area (Å²) in [5.41, 5.74) is 2.23. The van der Waals surface area contributed by atoms with Gasteiger partial charge in [-0.25, -0.2) is 4.98 Å². The van der Waals surface area contributed by atoms with Crippen molar-refractivity contribution in [3.05, 3.63) is 57.5 Å². The molecule has 2 aromatic rings. The number of unbranched alkanes of at least 4 members (excludes halogenated alkanes) is 1. The molecule has 6 nitrogen and oxygen atoms in total. The molecule has 0 aliphatic rings. The number of nitrogens with zero attached hydrogens (tertiary/aromatic N) is 2. The normalized spacial score (nSPS) is 12.0. The fourth-order valence-electron chi connectivity index (χ4n) is 3.13. The van der Waals surface area contributed by atoms with E-state index in [1.54, 1.807) is 18.7 Å². The van der Waals surface area contributed by atoms with Crippen LogP contribution in [0.15, 0.2) is 40.3 Å². The average molecular weight is 432 g/mol. The van der Waals surface area contributed by atoms with E-state index in [0.29, 0.717) is 29.4 Å². The number of thioether (sulfide) groups is 1. The van der Waals surface area contributed by atoms with E-state index in [1.165, 1.54) is 11.8 Å². The second-order valence-corrected chi connectivity index (χ2v) is 8.49. The molecule has 1 aromatic carbocycles. The molecule has 0 spiro atoms. The van der Waals surface area contributed by atoms with Gasteiger partial charge in [0.05, 0.1) is 17.6 Å². The third kappa shape index (κ3) is 6.71. The molecular formula is C23H33N3O3S. The fourth-order valence-corrected chi connectivity index (χ4v) is 4.27. The molecule has 1 N–H and O–H groups in total. The van der Waals surface area contributed by atoms with Gasteiger partial charge < -0.3 is 10.1 Å². The third-order valence-electron chi connectivity index (χ3n) is 4.84. The topological polar surface area (TPSA) is 73.2 Å². The Morgan fingerprint density at radius 2 is 1.97 bits per heavy atom. The van der Waals surface area contributed by atoms with Gasteiger partial charge in [-0.15, -0.1) is 0 Å². The zero-order valence-electron chi connectivity index (χ0n) is 18.4. The molecule has 1 amide bonds. The number of hydrogen-bond donors (Lipinski definition) is 1. The minimum absolute atomic E-state index is 0.00574. The summed E-state index contributed by atoms with van der Waals surface area (Å²) in [4.78, 5) is 30.6. The predicted molar refractivity (Wildman–Crippen MR) is 122 cm³/mol. The van der Waals surface area contributed by atoms with Gasteiger partial charge in [0.25, 0.3) is 5.56 Å². The molecule has 0 radical (unpaired) electrons. The molecule has 0 aliphatic heterocycles. The first-order valence-electron chi connectivity index (χ1n) is 10.6. The Kier molecular flexibility index (Phi) is 10.1. The summed E-state index contributed by atoms with van der Waals surface area (Å²) in [6.45, 7) is 5.05. The maximum absolute atomic E-state index is 13.2. The van der Waals surface area contributed by atoms with Gasteiger partial charge in [0.2, 0.25) is 5.91 Å². The van der Waals surface area contributed by atoms with E-state index < -0.39 is 0 Å². The summed E-state index contributed by atoms with van der Waals surface area (Å²) in [6.07, 6.45) is 4.09. The molecule has 0 bridgehead atoms. The predicted octanol–water partition coefficient (Wildman–Crippen LogP) is 3.69. The molecule has 1 aromatic heterocycles. The molecule has 30 heavy (non-hydrogen) atoms. The minimum atomic E-state index is -0.273. The van der Waals surface area contributed by atoms with Crippen molar-refractivity contribution in [2.45, 2.75) is 63.0 Å². The second kappa shape index (κ2) is 12.5. The van der Waals surface area contributed by atoms with Crippen molar-refractivity contribution in [1.29, 1.82) is 0 Å². The molecule has 0 aliphatic carbocycles. The molecule has 7 heteroatoms. The van der Waals surface area contributed by atoms with E-state index in [-0.39, 0.29) is 23.3 Å². The quantitative estimate of drug-likeness (QED) is 0.410. The van der Waals surface area contributed by atoms with Gasteiger partial charge >= 0.3 is 0 Å². The number of rotatable bonds is 12. The van der Waals surface area contributed by atoms with E-state index >= 15 is 0 Å². The van der Waals surface area contributed by atoms with Crippen LogP contribution in [0.25, 0.3) is 0 Å². The number of amides is 1. The van der Waals surface area contributed by atoms with Crippen LogP contribution in [-0.2, 0) is 29.6 Å². The van der Waals surface area contributed by atoms with Crippen molar-refractivity contribution in [1.82, 2.24) is 14.9 Å². The SMILES string of the molecule is CCCCC(Sc1nc(COC)c(Cc2ccccc2)c(=O)n1C)C(=O)NCCC. The van der Waals surface area contributed by atoms with Crippen molar-refractivity contribution in [2.24, 2.45) is 7.05 Å². The molecule has 0 saturated carbocycles. The van der Waals surface area contributed by atoms with Gasteiger partial charge in [-0.1, -0.05) is 68.8 Å². The number of carbonyl (C=O) groups is 1. The lowest BCUT2D eigenvalue weighted by molar-refractivity contribution is -0.120. The Labute approximate surface area is 183 Å². The number of carbonyl (C=O) groups excluding carboxylic acids is 1. The summed E-state index contributed by atoms with van der Waals surface area (Å²) in [5.74, 6) is 0.00574. The van der Waals surface area contributed by atoms with Crippen LogP contribution in [0, 0.1) is 0 Å². The minimum Gasteiger partial charge on any atom is -0.378 e. The van der Waals surface area contributed by atoms with Gasteiger partial charge in [-0.2, -0.15) is 0 Å². The first kappa shape index (κ1) is 24.2. The van der Waals surface area contributed by atoms with E-state index in [0.717, 1.165) is 31.2 Å². The Balaban J connectivity index is 2.36. The van der Waals surface area contributed by atoms with E-state index in [4.69, 9.17) is 9.72 Å². The van der Waals surface area contributed by atoms with Crippen LogP contribution in [-0.4, -0.2) is 34.4 Å². The van der Waals surface area contributed by atoms with E-state index in [9.17, 15) is 9.59 Å². The van der Waals surface area contributed by atoms with Gasteiger partial charge in [0, 0.05) is 32.7 Å². The van der Waals surface area contributed by atoms with Gasteiger partial charge in [-0.3, -0.25) is 14.2 Å². The maximum atomic E-state index is 13.2. The monoisotopic (exact) mass is 431 g/mol. The molecule has 1 atom stereocenters. The van der Waals surface area contributed by atoms with E-state index in [1.807, 2.05) is 37.3 Å². The number of hydrogen-bond acceptors (Lipinski definition) is 5. The summed E-state index contributed by atoms with van der Waals surface area (Å²) >= 11 is 1.37. The molecule has 0 fully saturated rings. The van der Waals surface area contributed by atoms with Crippen LogP contribution in [0.2, 0.25) is 0 Å². The lowest BCUT2D eigenvalue weighted by atomic mass is 10.0. The zero-order valence-corrected chi connectivity index (χ0v) is 19.3. The Morgan fingerprint density at radius 3 is 2.60 bits per heavy atom. The summed E-state index contributed by atoms with van der Waals surface area (Å²) in [7, 11) is 3.32. The molecule has 0 saturated heterocycles. The maximum Gasteiger partial charge on any atom is 0.257 e. The smallest absolute Gasteiger partial charge is 0.257 e. The summed E-state index contributed by atoms with van der Waals surface area (Å²) < 4.78 is 6.89. The highest BCUT2D eigenvalue weighted by molar-refractivity contribution is 8.00. The number of methoxy groups -OCH3 is 1. The van der Waals surface area contributed by atoms with Crippen LogP contribution in [0.3, 0.4) is 0 Å². The van der Waals surface area contributed by atoms with Crippen LogP contribution >= 0.6 is 11.8 Å². The third-order valence-corrected chi connectivity index (χ3v) is 6.15. The van der Waals surface area contributed by atoms with Gasteiger partial charge in [0.15, 0.2) is 5.16 Å². The van der Waals surface area contributed by atoms with Crippen LogP contribution in [0.5, 0.6) is 0 Å². The van der Waals surface area contributed by atoms with E-state index in [2.05, 4.69) is 12.2 Å². The molecule has 1 unspecified atom stereocenters. The standard InChI is InChI=1S/C23H33N3O3S/c1-5-7-13-20(21(27)24-14-6-2)30-23-25-19(16-29-4)18(22(28)26(23)3)15-17-11-9-8-10-12-17/h8-12,20H,5-7,13-16H2,1-4H3,(H,24,27). The van der Waals surface area contributed by atoms with Crippen LogP contribution in [0.1, 0.15) is 56.4 Å². The second-order valence-electron chi connectivity index (χ2n) is 7.32. The number of benzene rings is 1. The number of ether oxygens (including phenoxy) is 1. The number of nitrogens with one attached hydrogen (secondary N) is 1. The Hall–Kier alpha value is -2.12. The highest BCUT2D eigenvalue weighted by Crippen LogP contribution is 2.26. The van der Waals surface area contributed by atoms with Crippen molar-refractivity contribution in [3.8, 4) is 0 Å². The highest BCUT2D eigenvalue weighted by atomic mass is 32.2. The lowest BCUT2D eigenvalue weighted by Gasteiger charge is -2.19. The Bertz CT molecular complexity index is 868. The zero-order chi connectivity index (χ0) is 21.9. The molecule has 1 heterocycles. The average Bonchev–Trinajstić information content (AvgIpc) is 2.76. The van der Waals surface area contributed by atoms with Crippen molar-refractivity contribution in [2.75, 3.05) is 13.7 Å². The summed E-state index contributed by atoms with van der Waals surface area (Å²) in [5, 5.41) is 3.26. The van der Waals surface area contributed by atoms with Crippen LogP contribution < -0.4 is 10.9 Å². The number of aromatic nitrogens is 2. The first-order chi connectivity index (χ1) is 14.5. The van der Waals surface area contributed by atoms with Crippen molar-refractivity contribution >= 4 is 17.7 Å². The molecule has 2 rings (SSSR count). The fraction of sp³-hybridized carbons (Fsp3) is 0.522. The Morgan fingerprint density at radius 1 is 1.23 bits per heavy atom. The van der Waals surface area contributed by atoms with Crippen molar-refractivity contribution in [3.63, 3.8) is 0 Å². The molecular weight excluding hydrogens is 398 g/mol.